The summed E-state index contributed by atoms with van der Waals surface area (Å²) in [6.07, 6.45) is 3.30. The molecular formula is C16H24FN3O2. The van der Waals surface area contributed by atoms with E-state index in [4.69, 9.17) is 4.74 Å². The second-order valence-corrected chi connectivity index (χ2v) is 5.52. The molecule has 2 amide bonds. The summed E-state index contributed by atoms with van der Waals surface area (Å²) < 4.78 is 19.0. The van der Waals surface area contributed by atoms with Crippen LogP contribution >= 0.6 is 0 Å². The fourth-order valence-corrected chi connectivity index (χ4v) is 2.72. The number of benzene rings is 1. The Balaban J connectivity index is 1.76. The second-order valence-electron chi connectivity index (χ2n) is 5.52. The predicted octanol–water partition coefficient (Wildman–Crippen LogP) is 2.83. The van der Waals surface area contributed by atoms with E-state index in [-0.39, 0.29) is 11.7 Å². The highest BCUT2D eigenvalue weighted by atomic mass is 19.1. The van der Waals surface area contributed by atoms with E-state index in [0.29, 0.717) is 24.9 Å². The molecule has 0 bridgehead atoms. The zero-order chi connectivity index (χ0) is 15.9. The number of amides is 2. The number of nitrogens with zero attached hydrogens (tertiary/aromatic N) is 1. The fourth-order valence-electron chi connectivity index (χ4n) is 2.72. The number of anilines is 1. The lowest BCUT2D eigenvalue weighted by Crippen LogP contribution is -2.34. The van der Waals surface area contributed by atoms with Crippen molar-refractivity contribution >= 4 is 11.7 Å². The standard InChI is InChI=1S/C16H24FN3O2/c1-3-22-13-6-7-15(14(17)11-13)19-16(21)18-9-8-12-5-4-10-20(12)2/h6-7,11-12H,3-5,8-10H2,1-2H3,(H2,18,19,21)/t12-/m0/s1. The summed E-state index contributed by atoms with van der Waals surface area (Å²) in [5.41, 5.74) is 0.152. The molecule has 2 rings (SSSR count). The minimum atomic E-state index is -0.503. The Hall–Kier alpha value is -1.82. The topological polar surface area (TPSA) is 53.6 Å². The molecule has 0 saturated carbocycles. The van der Waals surface area contributed by atoms with Gasteiger partial charge >= 0.3 is 6.03 Å². The van der Waals surface area contributed by atoms with Crippen LogP contribution < -0.4 is 15.4 Å². The van der Waals surface area contributed by atoms with Crippen LogP contribution in [0.2, 0.25) is 0 Å². The number of hydrogen-bond acceptors (Lipinski definition) is 3. The average Bonchev–Trinajstić information content (AvgIpc) is 2.88. The molecule has 0 unspecified atom stereocenters. The normalized spacial score (nSPS) is 18.2. The highest BCUT2D eigenvalue weighted by molar-refractivity contribution is 5.89. The molecule has 0 aliphatic carbocycles. The number of hydrogen-bond donors (Lipinski definition) is 2. The van der Waals surface area contributed by atoms with Gasteiger partial charge in [0.25, 0.3) is 0 Å². The van der Waals surface area contributed by atoms with Crippen LogP contribution in [0.15, 0.2) is 18.2 Å². The van der Waals surface area contributed by atoms with Crippen LogP contribution in [-0.2, 0) is 0 Å². The minimum absolute atomic E-state index is 0.152. The molecule has 1 aliphatic rings. The van der Waals surface area contributed by atoms with E-state index in [1.165, 1.54) is 25.0 Å². The van der Waals surface area contributed by atoms with Gasteiger partial charge in [0.1, 0.15) is 11.6 Å². The molecule has 0 radical (unpaired) electrons. The lowest BCUT2D eigenvalue weighted by Gasteiger charge is -2.19. The zero-order valence-electron chi connectivity index (χ0n) is 13.2. The molecule has 0 spiro atoms. The van der Waals surface area contributed by atoms with Crippen molar-refractivity contribution in [3.05, 3.63) is 24.0 Å². The minimum Gasteiger partial charge on any atom is -0.494 e. The maximum Gasteiger partial charge on any atom is 0.319 e. The average molecular weight is 309 g/mol. The Labute approximate surface area is 130 Å². The largest absolute Gasteiger partial charge is 0.494 e. The van der Waals surface area contributed by atoms with Crippen LogP contribution in [0.3, 0.4) is 0 Å². The zero-order valence-corrected chi connectivity index (χ0v) is 13.2. The Bertz CT molecular complexity index is 510. The molecule has 22 heavy (non-hydrogen) atoms. The van der Waals surface area contributed by atoms with Crippen LogP contribution in [0.5, 0.6) is 5.75 Å². The number of rotatable bonds is 6. The van der Waals surface area contributed by atoms with Crippen LogP contribution in [-0.4, -0.2) is 43.7 Å². The SMILES string of the molecule is CCOc1ccc(NC(=O)NCC[C@@H]2CCCN2C)c(F)c1. The van der Waals surface area contributed by atoms with Gasteiger partial charge in [-0.2, -0.15) is 0 Å². The van der Waals surface area contributed by atoms with Crippen molar-refractivity contribution in [2.75, 3.05) is 32.1 Å². The van der Waals surface area contributed by atoms with Gasteiger partial charge in [-0.15, -0.1) is 0 Å². The van der Waals surface area contributed by atoms with Gasteiger partial charge in [0.15, 0.2) is 0 Å². The van der Waals surface area contributed by atoms with E-state index in [0.717, 1.165) is 13.0 Å². The summed E-state index contributed by atoms with van der Waals surface area (Å²) in [6.45, 7) is 4.01. The smallest absolute Gasteiger partial charge is 0.319 e. The molecule has 5 nitrogen and oxygen atoms in total. The maximum absolute atomic E-state index is 13.8. The molecule has 122 valence electrons. The van der Waals surface area contributed by atoms with Crippen molar-refractivity contribution in [1.29, 1.82) is 0 Å². The first-order valence-electron chi connectivity index (χ1n) is 7.77. The third kappa shape index (κ3) is 4.59. The Morgan fingerprint density at radius 3 is 2.95 bits per heavy atom. The van der Waals surface area contributed by atoms with E-state index in [1.807, 2.05) is 6.92 Å². The van der Waals surface area contributed by atoms with Crippen molar-refractivity contribution in [2.24, 2.45) is 0 Å². The van der Waals surface area contributed by atoms with Crippen molar-refractivity contribution < 1.29 is 13.9 Å². The van der Waals surface area contributed by atoms with E-state index in [9.17, 15) is 9.18 Å². The molecule has 1 atom stereocenters. The van der Waals surface area contributed by atoms with E-state index in [1.54, 1.807) is 6.07 Å². The lowest BCUT2D eigenvalue weighted by atomic mass is 10.1. The maximum atomic E-state index is 13.8. The molecule has 1 heterocycles. The molecule has 2 N–H and O–H groups in total. The molecule has 0 aromatic heterocycles. The number of carbonyl (C=O) groups excluding carboxylic acids is 1. The monoisotopic (exact) mass is 309 g/mol. The fraction of sp³-hybridized carbons (Fsp3) is 0.562. The van der Waals surface area contributed by atoms with Gasteiger partial charge in [-0.1, -0.05) is 0 Å². The first-order chi connectivity index (χ1) is 10.6. The first-order valence-corrected chi connectivity index (χ1v) is 7.77. The van der Waals surface area contributed by atoms with Crippen molar-refractivity contribution in [3.63, 3.8) is 0 Å². The van der Waals surface area contributed by atoms with Gasteiger partial charge in [0.2, 0.25) is 0 Å². The van der Waals surface area contributed by atoms with Crippen LogP contribution in [0.1, 0.15) is 26.2 Å². The van der Waals surface area contributed by atoms with E-state index in [2.05, 4.69) is 22.6 Å². The van der Waals surface area contributed by atoms with Crippen LogP contribution in [0.4, 0.5) is 14.9 Å². The first kappa shape index (κ1) is 16.5. The second kappa shape index (κ2) is 7.98. The molecule has 1 aromatic carbocycles. The summed E-state index contributed by atoms with van der Waals surface area (Å²) in [4.78, 5) is 14.1. The van der Waals surface area contributed by atoms with Gasteiger partial charge in [-0.25, -0.2) is 9.18 Å². The number of ether oxygens (including phenoxy) is 1. The van der Waals surface area contributed by atoms with Crippen LogP contribution in [0, 0.1) is 5.82 Å². The lowest BCUT2D eigenvalue weighted by molar-refractivity contribution is 0.248. The van der Waals surface area contributed by atoms with Gasteiger partial charge in [-0.3, -0.25) is 0 Å². The number of urea groups is 1. The summed E-state index contributed by atoms with van der Waals surface area (Å²) in [6, 6.07) is 4.55. The molecular weight excluding hydrogens is 285 g/mol. The number of likely N-dealkylation sites (tertiary alicyclic amines) is 1. The van der Waals surface area contributed by atoms with Gasteiger partial charge in [0, 0.05) is 18.7 Å². The Morgan fingerprint density at radius 2 is 2.32 bits per heavy atom. The summed E-state index contributed by atoms with van der Waals surface area (Å²) in [7, 11) is 2.10. The van der Waals surface area contributed by atoms with E-state index < -0.39 is 5.82 Å². The summed E-state index contributed by atoms with van der Waals surface area (Å²) >= 11 is 0. The quantitative estimate of drug-likeness (QED) is 0.849. The summed E-state index contributed by atoms with van der Waals surface area (Å²) in [5.74, 6) is -0.0492. The van der Waals surface area contributed by atoms with Crippen molar-refractivity contribution in [1.82, 2.24) is 10.2 Å². The van der Waals surface area contributed by atoms with E-state index >= 15 is 0 Å². The van der Waals surface area contributed by atoms with Crippen LogP contribution in [0.25, 0.3) is 0 Å². The van der Waals surface area contributed by atoms with Crippen molar-refractivity contribution in [3.8, 4) is 5.75 Å². The van der Waals surface area contributed by atoms with Gasteiger partial charge in [-0.05, 0) is 51.9 Å². The highest BCUT2D eigenvalue weighted by Gasteiger charge is 2.20. The third-order valence-corrected chi connectivity index (χ3v) is 3.93. The van der Waals surface area contributed by atoms with Gasteiger partial charge in [0.05, 0.1) is 12.3 Å². The molecule has 1 fully saturated rings. The Kier molecular flexibility index (Phi) is 6.00. The molecule has 1 saturated heterocycles. The third-order valence-electron chi connectivity index (χ3n) is 3.93. The van der Waals surface area contributed by atoms with Gasteiger partial charge < -0.3 is 20.3 Å². The number of halogens is 1. The molecule has 1 aliphatic heterocycles. The Morgan fingerprint density at radius 1 is 1.50 bits per heavy atom. The highest BCUT2D eigenvalue weighted by Crippen LogP contribution is 2.20. The number of nitrogens with one attached hydrogen (secondary N) is 2. The summed E-state index contributed by atoms with van der Waals surface area (Å²) in [5, 5.41) is 5.29. The predicted molar refractivity (Wildman–Crippen MR) is 84.9 cm³/mol. The molecule has 6 heteroatoms. The number of carbonyl (C=O) groups is 1. The van der Waals surface area contributed by atoms with Crippen molar-refractivity contribution in [2.45, 2.75) is 32.2 Å². The molecule has 1 aromatic rings.